The number of aromatic nitrogens is 4. The summed E-state index contributed by atoms with van der Waals surface area (Å²) in [6.45, 7) is 5.48. The average molecular weight is 507 g/mol. The van der Waals surface area contributed by atoms with Gasteiger partial charge in [0.1, 0.15) is 5.82 Å². The number of aryl methyl sites for hydroxylation is 1. The second-order valence-electron chi connectivity index (χ2n) is 10.7. The summed E-state index contributed by atoms with van der Waals surface area (Å²) in [6, 6.07) is 7.30. The van der Waals surface area contributed by atoms with Crippen LogP contribution in [0.3, 0.4) is 0 Å². The first kappa shape index (κ1) is 24.1. The van der Waals surface area contributed by atoms with Crippen LogP contribution in [0.15, 0.2) is 30.5 Å². The number of carboxylic acids is 1. The molecule has 2 atom stereocenters. The second kappa shape index (κ2) is 9.22. The molecule has 0 bridgehead atoms. The number of carbonyl (C=O) groups is 1. The summed E-state index contributed by atoms with van der Waals surface area (Å²) in [5, 5.41) is 17.9. The Bertz CT molecular complexity index is 1490. The van der Waals surface area contributed by atoms with Gasteiger partial charge in [-0.25, -0.2) is 9.37 Å². The van der Waals surface area contributed by atoms with Crippen LogP contribution in [0.4, 0.5) is 4.39 Å². The molecule has 8 nitrogen and oxygen atoms in total. The maximum atomic E-state index is 14.3. The Morgan fingerprint density at radius 2 is 2.00 bits per heavy atom. The number of halogens is 1. The smallest absolute Gasteiger partial charge is 0.311 e. The van der Waals surface area contributed by atoms with E-state index in [0.29, 0.717) is 43.9 Å². The Hall–Kier alpha value is -3.30. The highest BCUT2D eigenvalue weighted by Gasteiger charge is 2.39. The van der Waals surface area contributed by atoms with Gasteiger partial charge in [0.2, 0.25) is 0 Å². The van der Waals surface area contributed by atoms with Gasteiger partial charge in [0.05, 0.1) is 35.9 Å². The van der Waals surface area contributed by atoms with Gasteiger partial charge >= 0.3 is 5.97 Å². The topological polar surface area (TPSA) is 102 Å². The molecule has 2 N–H and O–H groups in total. The molecule has 2 aliphatic rings. The molecule has 194 valence electrons. The normalized spacial score (nSPS) is 23.5. The number of ether oxygens (including phenoxy) is 2. The first-order valence-electron chi connectivity index (χ1n) is 12.9. The van der Waals surface area contributed by atoms with Crippen LogP contribution in [0.25, 0.3) is 27.8 Å². The summed E-state index contributed by atoms with van der Waals surface area (Å²) in [5.41, 5.74) is 5.25. The molecular weight excluding hydrogens is 475 g/mol. The van der Waals surface area contributed by atoms with E-state index in [1.54, 1.807) is 20.0 Å². The van der Waals surface area contributed by atoms with Gasteiger partial charge in [-0.3, -0.25) is 9.89 Å². The molecule has 0 spiro atoms. The minimum Gasteiger partial charge on any atom is -0.481 e. The van der Waals surface area contributed by atoms with Crippen LogP contribution in [-0.2, 0) is 14.3 Å². The lowest BCUT2D eigenvalue weighted by Gasteiger charge is -2.27. The van der Waals surface area contributed by atoms with Crippen molar-refractivity contribution in [2.45, 2.75) is 51.4 Å². The monoisotopic (exact) mass is 506 g/mol. The molecule has 3 aromatic heterocycles. The zero-order chi connectivity index (χ0) is 25.7. The van der Waals surface area contributed by atoms with E-state index in [9.17, 15) is 14.3 Å². The molecule has 2 aliphatic heterocycles. The van der Waals surface area contributed by atoms with Gasteiger partial charge in [-0.15, -0.1) is 0 Å². The number of rotatable bonds is 4. The quantitative estimate of drug-likeness (QED) is 0.393. The SMILES string of the molecule is Cc1cc(-n2c(C3CCOCC3)c(C3CC[C@](C)(C(=O)O)COC3)c3nc4[nH]ncc4cc32)ccc1F. The van der Waals surface area contributed by atoms with Crippen molar-refractivity contribution in [3.05, 3.63) is 53.1 Å². The predicted octanol–water partition coefficient (Wildman–Crippen LogP) is 5.23. The van der Waals surface area contributed by atoms with E-state index in [1.807, 2.05) is 12.1 Å². The summed E-state index contributed by atoms with van der Waals surface area (Å²) >= 11 is 0. The minimum atomic E-state index is -0.926. The number of nitrogens with zero attached hydrogens (tertiary/aromatic N) is 3. The number of fused-ring (bicyclic) bond motifs is 2. The highest BCUT2D eigenvalue weighted by molar-refractivity contribution is 5.93. The Balaban J connectivity index is 1.62. The zero-order valence-electron chi connectivity index (χ0n) is 21.1. The number of pyridine rings is 1. The van der Waals surface area contributed by atoms with Crippen molar-refractivity contribution in [3.8, 4) is 5.69 Å². The Morgan fingerprint density at radius 3 is 2.76 bits per heavy atom. The van der Waals surface area contributed by atoms with Crippen LogP contribution < -0.4 is 0 Å². The van der Waals surface area contributed by atoms with Gasteiger partial charge in [0.15, 0.2) is 5.65 Å². The Labute approximate surface area is 213 Å². The molecule has 2 saturated heterocycles. The number of carboxylic acid groups (broad SMARTS) is 1. The van der Waals surface area contributed by atoms with Crippen molar-refractivity contribution < 1.29 is 23.8 Å². The molecule has 4 aromatic rings. The molecule has 6 rings (SSSR count). The molecule has 9 heteroatoms. The Kier molecular flexibility index (Phi) is 6.00. The van der Waals surface area contributed by atoms with Gasteiger partial charge in [0, 0.05) is 47.4 Å². The maximum Gasteiger partial charge on any atom is 0.311 e. The molecular formula is C28H31FN4O4. The van der Waals surface area contributed by atoms with Crippen molar-refractivity contribution in [1.29, 1.82) is 0 Å². The highest BCUT2D eigenvalue weighted by Crippen LogP contribution is 2.45. The summed E-state index contributed by atoms with van der Waals surface area (Å²) in [6.07, 6.45) is 4.67. The minimum absolute atomic E-state index is 0.0304. The third-order valence-electron chi connectivity index (χ3n) is 8.14. The number of aliphatic carboxylic acids is 1. The largest absolute Gasteiger partial charge is 0.481 e. The highest BCUT2D eigenvalue weighted by atomic mass is 19.1. The number of hydrogen-bond acceptors (Lipinski definition) is 5. The molecule has 0 saturated carbocycles. The lowest BCUT2D eigenvalue weighted by atomic mass is 9.81. The summed E-state index contributed by atoms with van der Waals surface area (Å²) in [7, 11) is 0. The first-order valence-corrected chi connectivity index (χ1v) is 12.9. The maximum absolute atomic E-state index is 14.3. The molecule has 0 aliphatic carbocycles. The van der Waals surface area contributed by atoms with Crippen LogP contribution in [0.5, 0.6) is 0 Å². The fourth-order valence-electron chi connectivity index (χ4n) is 5.90. The summed E-state index contributed by atoms with van der Waals surface area (Å²) < 4.78 is 28.3. The van der Waals surface area contributed by atoms with Gasteiger partial charge in [-0.1, -0.05) is 0 Å². The Morgan fingerprint density at radius 1 is 1.19 bits per heavy atom. The molecule has 1 aromatic carbocycles. The fraction of sp³-hybridized carbons (Fsp3) is 0.464. The van der Waals surface area contributed by atoms with Gasteiger partial charge in [0.25, 0.3) is 0 Å². The lowest BCUT2D eigenvalue weighted by molar-refractivity contribution is -0.151. The van der Waals surface area contributed by atoms with Gasteiger partial charge < -0.3 is 19.1 Å². The number of benzene rings is 1. The standard InChI is InChI=1S/C28H31FN4O4/c1-16-11-20(3-4-21(16)29)33-22-12-19-13-30-32-26(19)31-24(22)23(25(33)17-6-9-36-10-7-17)18-5-8-28(2,27(34)35)15-37-14-18/h3-4,11-13,17-18H,5-10,14-15H2,1-2H3,(H,34,35)(H,30,31,32)/t18?,28-/m0/s1. The lowest BCUT2D eigenvalue weighted by Crippen LogP contribution is -2.31. The van der Waals surface area contributed by atoms with Crippen LogP contribution in [-0.4, -0.2) is 57.3 Å². The van der Waals surface area contributed by atoms with Crippen LogP contribution >= 0.6 is 0 Å². The molecule has 2 fully saturated rings. The zero-order valence-corrected chi connectivity index (χ0v) is 21.1. The van der Waals surface area contributed by atoms with Crippen molar-refractivity contribution in [1.82, 2.24) is 19.7 Å². The van der Waals surface area contributed by atoms with E-state index in [0.717, 1.165) is 46.2 Å². The summed E-state index contributed by atoms with van der Waals surface area (Å²) in [4.78, 5) is 17.1. The number of H-pyrrole nitrogens is 1. The number of aromatic amines is 1. The second-order valence-corrected chi connectivity index (χ2v) is 10.7. The van der Waals surface area contributed by atoms with Crippen LogP contribution in [0.1, 0.15) is 61.3 Å². The molecule has 1 unspecified atom stereocenters. The van der Waals surface area contributed by atoms with Crippen molar-refractivity contribution >= 4 is 28.0 Å². The molecule has 0 amide bonds. The van der Waals surface area contributed by atoms with Gasteiger partial charge in [-0.05, 0) is 69.4 Å². The van der Waals surface area contributed by atoms with E-state index >= 15 is 0 Å². The van der Waals surface area contributed by atoms with E-state index in [1.165, 1.54) is 6.07 Å². The van der Waals surface area contributed by atoms with Crippen molar-refractivity contribution in [2.24, 2.45) is 5.41 Å². The fourth-order valence-corrected chi connectivity index (χ4v) is 5.90. The first-order chi connectivity index (χ1) is 17.9. The van der Waals surface area contributed by atoms with Crippen LogP contribution in [0.2, 0.25) is 0 Å². The van der Waals surface area contributed by atoms with Crippen molar-refractivity contribution in [2.75, 3.05) is 26.4 Å². The summed E-state index contributed by atoms with van der Waals surface area (Å²) in [5.74, 6) is -0.890. The average Bonchev–Trinajstić information content (AvgIpc) is 3.42. The molecule has 0 radical (unpaired) electrons. The molecule has 5 heterocycles. The third kappa shape index (κ3) is 4.10. The van der Waals surface area contributed by atoms with Gasteiger partial charge in [-0.2, -0.15) is 5.10 Å². The van der Waals surface area contributed by atoms with E-state index in [4.69, 9.17) is 14.5 Å². The third-order valence-corrected chi connectivity index (χ3v) is 8.14. The van der Waals surface area contributed by atoms with Crippen LogP contribution in [0, 0.1) is 18.2 Å². The van der Waals surface area contributed by atoms with E-state index in [2.05, 4.69) is 20.8 Å². The van der Waals surface area contributed by atoms with E-state index < -0.39 is 11.4 Å². The van der Waals surface area contributed by atoms with Crippen molar-refractivity contribution in [3.63, 3.8) is 0 Å². The molecule has 37 heavy (non-hydrogen) atoms. The predicted molar refractivity (Wildman–Crippen MR) is 137 cm³/mol. The van der Waals surface area contributed by atoms with E-state index in [-0.39, 0.29) is 24.3 Å². The number of hydrogen-bond donors (Lipinski definition) is 2. The number of nitrogens with one attached hydrogen (secondary N) is 1.